The van der Waals surface area contributed by atoms with Gasteiger partial charge in [0.2, 0.25) is 11.8 Å². The highest BCUT2D eigenvalue weighted by atomic mass is 16.5. The molecule has 2 amide bonds. The van der Waals surface area contributed by atoms with Crippen LogP contribution in [0, 0.1) is 11.8 Å². The summed E-state index contributed by atoms with van der Waals surface area (Å²) in [5.74, 6) is -1.30. The molecule has 1 unspecified atom stereocenters. The maximum atomic E-state index is 12.4. The molecule has 23 heavy (non-hydrogen) atoms. The van der Waals surface area contributed by atoms with Crippen molar-refractivity contribution in [1.29, 1.82) is 0 Å². The average molecular weight is 314 g/mol. The molecule has 0 bridgehead atoms. The molecule has 1 aromatic rings. The molecule has 0 N–H and O–H groups in total. The van der Waals surface area contributed by atoms with Gasteiger partial charge in [-0.05, 0) is 31.9 Å². The van der Waals surface area contributed by atoms with Gasteiger partial charge in [0, 0.05) is 0 Å². The van der Waals surface area contributed by atoms with Gasteiger partial charge in [-0.1, -0.05) is 18.2 Å². The first-order valence-corrected chi connectivity index (χ1v) is 7.75. The summed E-state index contributed by atoms with van der Waals surface area (Å²) in [6.45, 7) is 2.08. The SMILES string of the molecule is CCOC(=O)c1cccc(CN2C(=O)C3CC=CC[C@@H]3C2=O)n1. The number of hydrogen-bond acceptors (Lipinski definition) is 5. The van der Waals surface area contributed by atoms with Gasteiger partial charge in [-0.25, -0.2) is 9.78 Å². The van der Waals surface area contributed by atoms with Gasteiger partial charge in [-0.15, -0.1) is 0 Å². The van der Waals surface area contributed by atoms with Gasteiger partial charge in [0.05, 0.1) is 30.7 Å². The highest BCUT2D eigenvalue weighted by molar-refractivity contribution is 6.05. The Morgan fingerprint density at radius 2 is 1.87 bits per heavy atom. The quantitative estimate of drug-likeness (QED) is 0.480. The van der Waals surface area contributed by atoms with Crippen molar-refractivity contribution in [3.05, 3.63) is 41.7 Å². The second-order valence-electron chi connectivity index (χ2n) is 5.65. The van der Waals surface area contributed by atoms with E-state index in [0.29, 0.717) is 18.5 Å². The van der Waals surface area contributed by atoms with Gasteiger partial charge >= 0.3 is 5.97 Å². The number of esters is 1. The van der Waals surface area contributed by atoms with Crippen LogP contribution in [0.3, 0.4) is 0 Å². The van der Waals surface area contributed by atoms with Gasteiger partial charge in [0.15, 0.2) is 0 Å². The lowest BCUT2D eigenvalue weighted by Gasteiger charge is -2.14. The van der Waals surface area contributed by atoms with Crippen molar-refractivity contribution < 1.29 is 19.1 Å². The van der Waals surface area contributed by atoms with Gasteiger partial charge in [-0.3, -0.25) is 14.5 Å². The first-order chi connectivity index (χ1) is 11.1. The molecule has 1 aliphatic carbocycles. The molecule has 0 spiro atoms. The Labute approximate surface area is 134 Å². The number of pyridine rings is 1. The Bertz CT molecular complexity index is 657. The Kier molecular flexibility index (Phi) is 4.23. The second kappa shape index (κ2) is 6.32. The van der Waals surface area contributed by atoms with E-state index >= 15 is 0 Å². The summed E-state index contributed by atoms with van der Waals surface area (Å²) in [7, 11) is 0. The largest absolute Gasteiger partial charge is 0.461 e. The minimum atomic E-state index is -0.508. The zero-order valence-electron chi connectivity index (χ0n) is 12.9. The lowest BCUT2D eigenvalue weighted by molar-refractivity contribution is -0.140. The van der Waals surface area contributed by atoms with E-state index in [1.54, 1.807) is 25.1 Å². The lowest BCUT2D eigenvalue weighted by atomic mass is 9.85. The number of amides is 2. The van der Waals surface area contributed by atoms with Crippen LogP contribution in [0.5, 0.6) is 0 Å². The van der Waals surface area contributed by atoms with Crippen LogP contribution in [-0.2, 0) is 20.9 Å². The number of nitrogens with zero attached hydrogens (tertiary/aromatic N) is 2. The Morgan fingerprint density at radius 3 is 2.48 bits per heavy atom. The molecule has 1 aliphatic heterocycles. The van der Waals surface area contributed by atoms with E-state index in [0.717, 1.165) is 0 Å². The van der Waals surface area contributed by atoms with Crippen LogP contribution >= 0.6 is 0 Å². The molecule has 0 aromatic carbocycles. The highest BCUT2D eigenvalue weighted by Crippen LogP contribution is 2.35. The van der Waals surface area contributed by atoms with Crippen molar-refractivity contribution in [2.24, 2.45) is 11.8 Å². The molecular formula is C17H18N2O4. The summed E-state index contributed by atoms with van der Waals surface area (Å²) in [5.41, 5.74) is 0.686. The first kappa shape index (κ1) is 15.4. The van der Waals surface area contributed by atoms with Crippen molar-refractivity contribution in [2.75, 3.05) is 6.61 Å². The number of ether oxygens (including phenoxy) is 1. The van der Waals surface area contributed by atoms with Crippen molar-refractivity contribution in [2.45, 2.75) is 26.3 Å². The van der Waals surface area contributed by atoms with Gasteiger partial charge in [0.25, 0.3) is 0 Å². The summed E-state index contributed by atoms with van der Waals surface area (Å²) in [4.78, 5) is 42.1. The molecule has 6 nitrogen and oxygen atoms in total. The van der Waals surface area contributed by atoms with E-state index in [-0.39, 0.29) is 42.5 Å². The Hall–Kier alpha value is -2.50. The molecule has 2 aliphatic rings. The van der Waals surface area contributed by atoms with Crippen LogP contribution in [0.4, 0.5) is 0 Å². The molecule has 2 atom stereocenters. The molecule has 1 fully saturated rings. The van der Waals surface area contributed by atoms with Crippen molar-refractivity contribution in [1.82, 2.24) is 9.88 Å². The smallest absolute Gasteiger partial charge is 0.356 e. The van der Waals surface area contributed by atoms with Crippen molar-refractivity contribution in [3.63, 3.8) is 0 Å². The fourth-order valence-corrected chi connectivity index (χ4v) is 3.07. The zero-order valence-corrected chi connectivity index (χ0v) is 12.9. The van der Waals surface area contributed by atoms with Crippen LogP contribution in [0.2, 0.25) is 0 Å². The third-order valence-corrected chi connectivity index (χ3v) is 4.21. The van der Waals surface area contributed by atoms with Crippen LogP contribution in [0.25, 0.3) is 0 Å². The lowest BCUT2D eigenvalue weighted by Crippen LogP contribution is -2.31. The fraction of sp³-hybridized carbons (Fsp3) is 0.412. The molecule has 1 aromatic heterocycles. The van der Waals surface area contributed by atoms with Crippen LogP contribution in [0.15, 0.2) is 30.4 Å². The van der Waals surface area contributed by atoms with E-state index in [9.17, 15) is 14.4 Å². The topological polar surface area (TPSA) is 76.6 Å². The van der Waals surface area contributed by atoms with E-state index in [1.807, 2.05) is 12.2 Å². The number of imide groups is 1. The summed E-state index contributed by atoms with van der Waals surface area (Å²) >= 11 is 0. The van der Waals surface area contributed by atoms with Crippen LogP contribution in [0.1, 0.15) is 35.9 Å². The van der Waals surface area contributed by atoms with Gasteiger partial charge in [0.1, 0.15) is 5.69 Å². The molecule has 1 saturated heterocycles. The summed E-state index contributed by atoms with van der Waals surface area (Å²) < 4.78 is 4.92. The van der Waals surface area contributed by atoms with Gasteiger partial charge < -0.3 is 4.74 Å². The summed E-state index contributed by atoms with van der Waals surface area (Å²) in [6.07, 6.45) is 5.13. The summed E-state index contributed by atoms with van der Waals surface area (Å²) in [5, 5.41) is 0. The summed E-state index contributed by atoms with van der Waals surface area (Å²) in [6, 6.07) is 4.93. The predicted molar refractivity (Wildman–Crippen MR) is 81.1 cm³/mol. The van der Waals surface area contributed by atoms with E-state index in [2.05, 4.69) is 4.98 Å². The number of hydrogen-bond donors (Lipinski definition) is 0. The van der Waals surface area contributed by atoms with E-state index < -0.39 is 5.97 Å². The van der Waals surface area contributed by atoms with Crippen molar-refractivity contribution >= 4 is 17.8 Å². The molecule has 120 valence electrons. The molecular weight excluding hydrogens is 296 g/mol. The number of likely N-dealkylation sites (tertiary alicyclic amines) is 1. The number of allylic oxidation sites excluding steroid dienone is 2. The molecule has 2 heterocycles. The maximum Gasteiger partial charge on any atom is 0.356 e. The molecule has 3 rings (SSSR count). The zero-order chi connectivity index (χ0) is 16.4. The third kappa shape index (κ3) is 2.88. The normalized spacial score (nSPS) is 23.1. The number of rotatable bonds is 4. The maximum absolute atomic E-state index is 12.4. The highest BCUT2D eigenvalue weighted by Gasteiger charge is 2.47. The van der Waals surface area contributed by atoms with E-state index in [4.69, 9.17) is 4.74 Å². The molecule has 0 radical (unpaired) electrons. The Balaban J connectivity index is 1.77. The third-order valence-electron chi connectivity index (χ3n) is 4.21. The second-order valence-corrected chi connectivity index (χ2v) is 5.65. The number of carbonyl (C=O) groups is 3. The predicted octanol–water partition coefficient (Wildman–Crippen LogP) is 1.71. The van der Waals surface area contributed by atoms with Crippen molar-refractivity contribution in [3.8, 4) is 0 Å². The fourth-order valence-electron chi connectivity index (χ4n) is 3.07. The minimum absolute atomic E-state index is 0.0952. The molecule has 0 saturated carbocycles. The number of fused-ring (bicyclic) bond motifs is 1. The minimum Gasteiger partial charge on any atom is -0.461 e. The number of carbonyl (C=O) groups excluding carboxylic acids is 3. The van der Waals surface area contributed by atoms with E-state index in [1.165, 1.54) is 4.90 Å². The first-order valence-electron chi connectivity index (χ1n) is 7.75. The standard InChI is InChI=1S/C17H18N2O4/c1-2-23-17(22)14-9-5-6-11(18-14)10-19-15(20)12-7-3-4-8-13(12)16(19)21/h3-6,9,12-13H,2,7-8,10H2,1H3/t12-,13?/m0/s1. The number of aromatic nitrogens is 1. The Morgan fingerprint density at radius 1 is 1.22 bits per heavy atom. The van der Waals surface area contributed by atoms with Crippen LogP contribution in [-0.4, -0.2) is 34.3 Å². The van der Waals surface area contributed by atoms with Gasteiger partial charge in [-0.2, -0.15) is 0 Å². The average Bonchev–Trinajstić information content (AvgIpc) is 2.81. The van der Waals surface area contributed by atoms with Crippen LogP contribution < -0.4 is 0 Å². The monoisotopic (exact) mass is 314 g/mol. The molecule has 6 heteroatoms.